The van der Waals surface area contributed by atoms with Gasteiger partial charge >= 0.3 is 0 Å². The Bertz CT molecular complexity index is 462. The average molecular weight is 254 g/mol. The molecule has 3 nitrogen and oxygen atoms in total. The van der Waals surface area contributed by atoms with Gasteiger partial charge in [-0.15, -0.1) is 0 Å². The van der Waals surface area contributed by atoms with E-state index in [1.165, 1.54) is 5.39 Å². The van der Waals surface area contributed by atoms with Crippen LogP contribution < -0.4 is 5.73 Å². The van der Waals surface area contributed by atoms with Gasteiger partial charge in [0.2, 0.25) is 0 Å². The van der Waals surface area contributed by atoms with E-state index in [0.29, 0.717) is 6.54 Å². The van der Waals surface area contributed by atoms with Gasteiger partial charge < -0.3 is 5.73 Å². The summed E-state index contributed by atoms with van der Waals surface area (Å²) in [5, 5.41) is 5.62. The van der Waals surface area contributed by atoms with Crippen LogP contribution >= 0.6 is 15.9 Å². The molecule has 0 aliphatic heterocycles. The van der Waals surface area contributed by atoms with Gasteiger partial charge in [-0.3, -0.25) is 4.68 Å². The first kappa shape index (κ1) is 9.68. The zero-order valence-electron chi connectivity index (χ0n) is 8.00. The summed E-state index contributed by atoms with van der Waals surface area (Å²) in [6, 6.07) is 6.18. The Hall–Kier alpha value is -0.870. The Morgan fingerprint density at radius 1 is 1.50 bits per heavy atom. The fourth-order valence-corrected chi connectivity index (χ4v) is 1.99. The SMILES string of the molecule is Cn1nc(CCN)c2cc(Br)ccc21. The molecule has 0 spiro atoms. The van der Waals surface area contributed by atoms with Crippen molar-refractivity contribution in [1.82, 2.24) is 9.78 Å². The smallest absolute Gasteiger partial charge is 0.0716 e. The molecule has 0 saturated carbocycles. The van der Waals surface area contributed by atoms with Gasteiger partial charge in [0.25, 0.3) is 0 Å². The molecule has 74 valence electrons. The molecule has 0 saturated heterocycles. The number of benzene rings is 1. The van der Waals surface area contributed by atoms with E-state index in [4.69, 9.17) is 5.73 Å². The third kappa shape index (κ3) is 1.55. The number of hydrogen-bond acceptors (Lipinski definition) is 2. The molecule has 2 aromatic rings. The molecule has 1 aromatic heterocycles. The van der Waals surface area contributed by atoms with Crippen molar-refractivity contribution in [1.29, 1.82) is 0 Å². The average Bonchev–Trinajstić information content (AvgIpc) is 2.44. The van der Waals surface area contributed by atoms with Gasteiger partial charge in [-0.2, -0.15) is 5.10 Å². The van der Waals surface area contributed by atoms with Gasteiger partial charge in [0, 0.05) is 23.3 Å². The van der Waals surface area contributed by atoms with E-state index >= 15 is 0 Å². The molecule has 0 radical (unpaired) electrons. The highest BCUT2D eigenvalue weighted by atomic mass is 79.9. The predicted molar refractivity (Wildman–Crippen MR) is 61.2 cm³/mol. The molecule has 0 amide bonds. The lowest BCUT2D eigenvalue weighted by Gasteiger charge is -1.94. The molecule has 0 aliphatic carbocycles. The van der Waals surface area contributed by atoms with E-state index < -0.39 is 0 Å². The first-order chi connectivity index (χ1) is 6.72. The van der Waals surface area contributed by atoms with Crippen molar-refractivity contribution in [2.75, 3.05) is 6.54 Å². The summed E-state index contributed by atoms with van der Waals surface area (Å²) in [7, 11) is 1.95. The van der Waals surface area contributed by atoms with E-state index in [1.807, 2.05) is 17.8 Å². The molecule has 0 fully saturated rings. The number of aryl methyl sites for hydroxylation is 1. The van der Waals surface area contributed by atoms with Crippen LogP contribution in [0.25, 0.3) is 10.9 Å². The molecule has 2 rings (SSSR count). The summed E-state index contributed by atoms with van der Waals surface area (Å²) in [5.41, 5.74) is 7.76. The van der Waals surface area contributed by atoms with Crippen molar-refractivity contribution in [3.8, 4) is 0 Å². The third-order valence-electron chi connectivity index (χ3n) is 2.27. The molecular formula is C10H12BrN3. The zero-order valence-corrected chi connectivity index (χ0v) is 9.58. The summed E-state index contributed by atoms with van der Waals surface area (Å²) in [4.78, 5) is 0. The minimum Gasteiger partial charge on any atom is -0.330 e. The second kappa shape index (κ2) is 3.71. The van der Waals surface area contributed by atoms with E-state index in [0.717, 1.165) is 22.1 Å². The molecule has 1 aromatic carbocycles. The largest absolute Gasteiger partial charge is 0.330 e. The highest BCUT2D eigenvalue weighted by Gasteiger charge is 2.07. The highest BCUT2D eigenvalue weighted by molar-refractivity contribution is 9.10. The lowest BCUT2D eigenvalue weighted by atomic mass is 10.2. The Morgan fingerprint density at radius 2 is 2.29 bits per heavy atom. The number of nitrogens with two attached hydrogens (primary N) is 1. The maximum Gasteiger partial charge on any atom is 0.0716 e. The van der Waals surface area contributed by atoms with Gasteiger partial charge in [-0.05, 0) is 24.7 Å². The topological polar surface area (TPSA) is 43.8 Å². The molecular weight excluding hydrogens is 242 g/mol. The van der Waals surface area contributed by atoms with E-state index in [9.17, 15) is 0 Å². The van der Waals surface area contributed by atoms with Crippen LogP contribution in [0.1, 0.15) is 5.69 Å². The van der Waals surface area contributed by atoms with E-state index in [1.54, 1.807) is 0 Å². The highest BCUT2D eigenvalue weighted by Crippen LogP contribution is 2.22. The first-order valence-electron chi connectivity index (χ1n) is 4.53. The van der Waals surface area contributed by atoms with E-state index in [-0.39, 0.29) is 0 Å². The Balaban J connectivity index is 2.66. The van der Waals surface area contributed by atoms with Gasteiger partial charge in [0.05, 0.1) is 11.2 Å². The van der Waals surface area contributed by atoms with Crippen molar-refractivity contribution < 1.29 is 0 Å². The third-order valence-corrected chi connectivity index (χ3v) is 2.76. The maximum atomic E-state index is 5.54. The fraction of sp³-hybridized carbons (Fsp3) is 0.300. The van der Waals surface area contributed by atoms with Crippen LogP contribution in [0.2, 0.25) is 0 Å². The van der Waals surface area contributed by atoms with Crippen LogP contribution in [0, 0.1) is 0 Å². The van der Waals surface area contributed by atoms with E-state index in [2.05, 4.69) is 33.2 Å². The van der Waals surface area contributed by atoms with Gasteiger partial charge in [-0.25, -0.2) is 0 Å². The maximum absolute atomic E-state index is 5.54. The van der Waals surface area contributed by atoms with Crippen molar-refractivity contribution in [2.45, 2.75) is 6.42 Å². The molecule has 0 aliphatic rings. The van der Waals surface area contributed by atoms with Crippen molar-refractivity contribution >= 4 is 26.8 Å². The summed E-state index contributed by atoms with van der Waals surface area (Å²) in [5.74, 6) is 0. The number of nitrogens with zero attached hydrogens (tertiary/aromatic N) is 2. The number of hydrogen-bond donors (Lipinski definition) is 1. The van der Waals surface area contributed by atoms with Crippen LogP contribution in [0.4, 0.5) is 0 Å². The van der Waals surface area contributed by atoms with Gasteiger partial charge in [-0.1, -0.05) is 15.9 Å². The summed E-state index contributed by atoms with van der Waals surface area (Å²) < 4.78 is 2.98. The summed E-state index contributed by atoms with van der Waals surface area (Å²) in [6.07, 6.45) is 0.827. The monoisotopic (exact) mass is 253 g/mol. The molecule has 0 unspecified atom stereocenters. The minimum atomic E-state index is 0.638. The second-order valence-corrected chi connectivity index (χ2v) is 4.19. The Labute approximate surface area is 91.0 Å². The molecule has 0 bridgehead atoms. The van der Waals surface area contributed by atoms with Crippen molar-refractivity contribution in [3.05, 3.63) is 28.4 Å². The quantitative estimate of drug-likeness (QED) is 0.888. The minimum absolute atomic E-state index is 0.638. The lowest BCUT2D eigenvalue weighted by molar-refractivity contribution is 0.761. The normalized spacial score (nSPS) is 11.1. The van der Waals surface area contributed by atoms with Gasteiger partial charge in [0.1, 0.15) is 0 Å². The Kier molecular flexibility index (Phi) is 2.56. The number of rotatable bonds is 2. The molecule has 1 heterocycles. The van der Waals surface area contributed by atoms with Crippen LogP contribution in [-0.4, -0.2) is 16.3 Å². The lowest BCUT2D eigenvalue weighted by Crippen LogP contribution is -2.03. The van der Waals surface area contributed by atoms with Crippen molar-refractivity contribution in [3.63, 3.8) is 0 Å². The standard InChI is InChI=1S/C10H12BrN3/c1-14-10-3-2-7(11)6-8(10)9(13-14)4-5-12/h2-3,6H,4-5,12H2,1H3. The summed E-state index contributed by atoms with van der Waals surface area (Å²) >= 11 is 3.46. The molecule has 4 heteroatoms. The number of aromatic nitrogens is 2. The second-order valence-electron chi connectivity index (χ2n) is 3.27. The molecule has 14 heavy (non-hydrogen) atoms. The number of halogens is 1. The predicted octanol–water partition coefficient (Wildman–Crippen LogP) is 1.84. The molecule has 0 atom stereocenters. The van der Waals surface area contributed by atoms with Crippen LogP contribution in [-0.2, 0) is 13.5 Å². The van der Waals surface area contributed by atoms with Gasteiger partial charge in [0.15, 0.2) is 0 Å². The Morgan fingerprint density at radius 3 is 3.00 bits per heavy atom. The van der Waals surface area contributed by atoms with Crippen LogP contribution in [0.3, 0.4) is 0 Å². The first-order valence-corrected chi connectivity index (χ1v) is 5.33. The zero-order chi connectivity index (χ0) is 10.1. The van der Waals surface area contributed by atoms with Crippen molar-refractivity contribution in [2.24, 2.45) is 12.8 Å². The van der Waals surface area contributed by atoms with Crippen LogP contribution in [0.5, 0.6) is 0 Å². The number of fused-ring (bicyclic) bond motifs is 1. The fourth-order valence-electron chi connectivity index (χ4n) is 1.63. The van der Waals surface area contributed by atoms with Crippen LogP contribution in [0.15, 0.2) is 22.7 Å². The molecule has 2 N–H and O–H groups in total. The summed E-state index contributed by atoms with van der Waals surface area (Å²) in [6.45, 7) is 0.638.